The fourth-order valence-electron chi connectivity index (χ4n) is 5.27. The van der Waals surface area contributed by atoms with E-state index in [1.54, 1.807) is 6.07 Å². The number of carbonyl (C=O) groups is 1. The molecule has 176 valence electrons. The van der Waals surface area contributed by atoms with E-state index in [2.05, 4.69) is 65.3 Å². The Bertz CT molecular complexity index is 1200. The molecule has 0 radical (unpaired) electrons. The van der Waals surface area contributed by atoms with E-state index in [9.17, 15) is 9.90 Å². The van der Waals surface area contributed by atoms with E-state index >= 15 is 0 Å². The zero-order chi connectivity index (χ0) is 23.7. The van der Waals surface area contributed by atoms with Crippen molar-refractivity contribution in [3.63, 3.8) is 0 Å². The van der Waals surface area contributed by atoms with Crippen molar-refractivity contribution < 1.29 is 9.90 Å². The molecule has 5 nitrogen and oxygen atoms in total. The second kappa shape index (κ2) is 9.51. The number of phenolic OH excluding ortho intramolecular Hbond substituents is 1. The Hall–Kier alpha value is -3.31. The SMILES string of the molecule is Cc1ccc(Cc2ccc3c(c2)C(NC(=O)C2Cc4c(C)cc(O)cc4CCN2)CCN3)cc1. The minimum atomic E-state index is -0.279. The number of rotatable bonds is 4. The van der Waals surface area contributed by atoms with Crippen LogP contribution in [-0.2, 0) is 24.1 Å². The lowest BCUT2D eigenvalue weighted by Gasteiger charge is -2.29. The smallest absolute Gasteiger partial charge is 0.237 e. The number of hydrogen-bond acceptors (Lipinski definition) is 4. The summed E-state index contributed by atoms with van der Waals surface area (Å²) in [5, 5.41) is 20.2. The van der Waals surface area contributed by atoms with Gasteiger partial charge in [-0.3, -0.25) is 4.79 Å². The molecule has 0 aliphatic carbocycles. The number of phenols is 1. The molecule has 5 heteroatoms. The van der Waals surface area contributed by atoms with Crippen LogP contribution in [0.25, 0.3) is 0 Å². The van der Waals surface area contributed by atoms with Gasteiger partial charge in [-0.2, -0.15) is 0 Å². The van der Waals surface area contributed by atoms with E-state index in [0.29, 0.717) is 12.2 Å². The van der Waals surface area contributed by atoms with Gasteiger partial charge in [0.05, 0.1) is 12.1 Å². The Balaban J connectivity index is 1.33. The first kappa shape index (κ1) is 22.5. The molecule has 0 spiro atoms. The molecule has 2 heterocycles. The predicted molar refractivity (Wildman–Crippen MR) is 136 cm³/mol. The third-order valence-corrected chi connectivity index (χ3v) is 7.15. The molecule has 34 heavy (non-hydrogen) atoms. The van der Waals surface area contributed by atoms with E-state index in [1.807, 2.05) is 13.0 Å². The van der Waals surface area contributed by atoms with Crippen molar-refractivity contribution in [2.75, 3.05) is 18.4 Å². The number of carbonyl (C=O) groups excluding carboxylic acids is 1. The number of aryl methyl sites for hydroxylation is 2. The maximum atomic E-state index is 13.4. The van der Waals surface area contributed by atoms with Crippen LogP contribution in [0.5, 0.6) is 5.75 Å². The average molecular weight is 456 g/mol. The summed E-state index contributed by atoms with van der Waals surface area (Å²) in [4.78, 5) is 13.4. The molecule has 0 bridgehead atoms. The maximum absolute atomic E-state index is 13.4. The van der Waals surface area contributed by atoms with Crippen molar-refractivity contribution in [2.45, 2.75) is 51.6 Å². The highest BCUT2D eigenvalue weighted by molar-refractivity contribution is 5.83. The molecule has 3 aromatic carbocycles. The number of anilines is 1. The molecule has 5 rings (SSSR count). The Morgan fingerprint density at radius 2 is 1.82 bits per heavy atom. The van der Waals surface area contributed by atoms with E-state index in [-0.39, 0.29) is 18.0 Å². The van der Waals surface area contributed by atoms with Crippen LogP contribution in [0, 0.1) is 13.8 Å². The highest BCUT2D eigenvalue weighted by atomic mass is 16.3. The Kier molecular flexibility index (Phi) is 6.29. The van der Waals surface area contributed by atoms with E-state index in [1.165, 1.54) is 27.8 Å². The van der Waals surface area contributed by atoms with Gasteiger partial charge in [0.2, 0.25) is 5.91 Å². The number of aromatic hydroxyl groups is 1. The van der Waals surface area contributed by atoms with Gasteiger partial charge in [0.25, 0.3) is 0 Å². The summed E-state index contributed by atoms with van der Waals surface area (Å²) in [5.41, 5.74) is 9.43. The molecule has 1 amide bonds. The lowest BCUT2D eigenvalue weighted by Crippen LogP contribution is -2.47. The minimum absolute atomic E-state index is 0.00726. The van der Waals surface area contributed by atoms with Crippen LogP contribution in [0.2, 0.25) is 0 Å². The summed E-state index contributed by atoms with van der Waals surface area (Å²) in [6.07, 6.45) is 3.19. The summed E-state index contributed by atoms with van der Waals surface area (Å²) in [6, 6.07) is 18.6. The normalized spacial score (nSPS) is 19.4. The van der Waals surface area contributed by atoms with Crippen molar-refractivity contribution in [1.82, 2.24) is 10.6 Å². The standard InChI is InChI=1S/C29H33N3O2/c1-18-3-5-20(6-4-18)14-21-7-8-26-25(15-21)27(10-12-30-26)32-29(34)28-17-24-19(2)13-23(33)16-22(24)9-11-31-28/h3-8,13,15-16,27-28,30-31,33H,9-12,14,17H2,1-2H3,(H,32,34). The second-order valence-electron chi connectivity index (χ2n) is 9.72. The van der Waals surface area contributed by atoms with Gasteiger partial charge in [0.15, 0.2) is 0 Å². The summed E-state index contributed by atoms with van der Waals surface area (Å²) >= 11 is 0. The third-order valence-electron chi connectivity index (χ3n) is 7.15. The molecule has 2 unspecified atom stereocenters. The predicted octanol–water partition coefficient (Wildman–Crippen LogP) is 4.33. The number of fused-ring (bicyclic) bond motifs is 2. The van der Waals surface area contributed by atoms with Crippen molar-refractivity contribution >= 4 is 11.6 Å². The molecule has 4 N–H and O–H groups in total. The minimum Gasteiger partial charge on any atom is -0.508 e. The summed E-state index contributed by atoms with van der Waals surface area (Å²) in [7, 11) is 0. The molecule has 0 fully saturated rings. The highest BCUT2D eigenvalue weighted by Gasteiger charge is 2.28. The number of amides is 1. The fourth-order valence-corrected chi connectivity index (χ4v) is 5.27. The number of hydrogen-bond donors (Lipinski definition) is 4. The second-order valence-corrected chi connectivity index (χ2v) is 9.72. The van der Waals surface area contributed by atoms with Crippen LogP contribution in [0.1, 0.15) is 51.4 Å². The molecule has 3 aromatic rings. The first-order chi connectivity index (χ1) is 16.5. The topological polar surface area (TPSA) is 73.4 Å². The van der Waals surface area contributed by atoms with E-state index in [4.69, 9.17) is 0 Å². The number of benzene rings is 3. The summed E-state index contributed by atoms with van der Waals surface area (Å²) in [6.45, 7) is 5.68. The zero-order valence-electron chi connectivity index (χ0n) is 19.9. The molecule has 2 atom stereocenters. The zero-order valence-corrected chi connectivity index (χ0v) is 19.9. The lowest BCUT2D eigenvalue weighted by molar-refractivity contribution is -0.123. The van der Waals surface area contributed by atoms with Gasteiger partial charge < -0.3 is 21.1 Å². The molecular formula is C29H33N3O2. The highest BCUT2D eigenvalue weighted by Crippen LogP contribution is 2.32. The molecule has 0 aromatic heterocycles. The molecule has 0 saturated heterocycles. The van der Waals surface area contributed by atoms with Gasteiger partial charge in [0, 0.05) is 12.2 Å². The first-order valence-corrected chi connectivity index (χ1v) is 12.2. The van der Waals surface area contributed by atoms with E-state index in [0.717, 1.165) is 49.2 Å². The maximum Gasteiger partial charge on any atom is 0.237 e. The largest absolute Gasteiger partial charge is 0.508 e. The molecule has 2 aliphatic heterocycles. The molecular weight excluding hydrogens is 422 g/mol. The first-order valence-electron chi connectivity index (χ1n) is 12.2. The Morgan fingerprint density at radius 3 is 2.65 bits per heavy atom. The van der Waals surface area contributed by atoms with Gasteiger partial charge in [0.1, 0.15) is 5.75 Å². The van der Waals surface area contributed by atoms with Gasteiger partial charge in [-0.25, -0.2) is 0 Å². The fraction of sp³-hybridized carbons (Fsp3) is 0.345. The third kappa shape index (κ3) is 4.80. The van der Waals surface area contributed by atoms with Crippen molar-refractivity contribution in [1.29, 1.82) is 0 Å². The Labute approximate surface area is 201 Å². The van der Waals surface area contributed by atoms with Crippen molar-refractivity contribution in [3.8, 4) is 5.75 Å². The van der Waals surface area contributed by atoms with Crippen LogP contribution in [0.15, 0.2) is 54.6 Å². The lowest BCUT2D eigenvalue weighted by atomic mass is 9.92. The summed E-state index contributed by atoms with van der Waals surface area (Å²) < 4.78 is 0. The average Bonchev–Trinajstić information content (AvgIpc) is 3.04. The van der Waals surface area contributed by atoms with Crippen LogP contribution in [0.3, 0.4) is 0 Å². The number of nitrogens with one attached hydrogen (secondary N) is 3. The van der Waals surface area contributed by atoms with Crippen LogP contribution >= 0.6 is 0 Å². The van der Waals surface area contributed by atoms with Gasteiger partial charge in [-0.05, 0) is 97.7 Å². The van der Waals surface area contributed by atoms with Crippen molar-refractivity contribution in [3.05, 3.63) is 93.5 Å². The van der Waals surface area contributed by atoms with Gasteiger partial charge in [-0.1, -0.05) is 42.0 Å². The van der Waals surface area contributed by atoms with Gasteiger partial charge in [-0.15, -0.1) is 0 Å². The monoisotopic (exact) mass is 455 g/mol. The van der Waals surface area contributed by atoms with Crippen LogP contribution in [-0.4, -0.2) is 30.1 Å². The van der Waals surface area contributed by atoms with E-state index < -0.39 is 0 Å². The quantitative estimate of drug-likeness (QED) is 0.473. The molecule has 2 aliphatic rings. The molecule has 0 saturated carbocycles. The Morgan fingerprint density at radius 1 is 1.03 bits per heavy atom. The van der Waals surface area contributed by atoms with Gasteiger partial charge >= 0.3 is 0 Å². The van der Waals surface area contributed by atoms with Crippen LogP contribution in [0.4, 0.5) is 5.69 Å². The van der Waals surface area contributed by atoms with Crippen molar-refractivity contribution in [2.24, 2.45) is 0 Å². The van der Waals surface area contributed by atoms with Crippen LogP contribution < -0.4 is 16.0 Å². The summed E-state index contributed by atoms with van der Waals surface area (Å²) in [5.74, 6) is 0.342.